The molecule has 2 aliphatic rings. The quantitative estimate of drug-likeness (QED) is 0.510. The summed E-state index contributed by atoms with van der Waals surface area (Å²) in [4.78, 5) is 39.2. The summed E-state index contributed by atoms with van der Waals surface area (Å²) in [7, 11) is 3.78. The number of nitrogens with zero attached hydrogens (tertiary/aromatic N) is 1. The summed E-state index contributed by atoms with van der Waals surface area (Å²) >= 11 is 0. The van der Waals surface area contributed by atoms with Gasteiger partial charge in [-0.3, -0.25) is 9.59 Å². The van der Waals surface area contributed by atoms with Gasteiger partial charge in [0.15, 0.2) is 0 Å². The number of hydrogen-bond acceptors (Lipinski definition) is 5. The second-order valence-electron chi connectivity index (χ2n) is 9.61. The van der Waals surface area contributed by atoms with Crippen LogP contribution in [0.15, 0.2) is 48.5 Å². The molecule has 0 aromatic heterocycles. The van der Waals surface area contributed by atoms with Gasteiger partial charge in [0.05, 0.1) is 5.92 Å². The van der Waals surface area contributed by atoms with E-state index in [4.69, 9.17) is 4.74 Å². The topological polar surface area (TPSA) is 108 Å². The van der Waals surface area contributed by atoms with E-state index in [9.17, 15) is 19.5 Å². The summed E-state index contributed by atoms with van der Waals surface area (Å²) in [6.45, 7) is 0.736. The number of carbonyl (C=O) groups excluding carboxylic acids is 2. The maximum absolute atomic E-state index is 13.0. The molecular formula is C27H33N3O5. The van der Waals surface area contributed by atoms with Crippen LogP contribution in [-0.2, 0) is 14.3 Å². The van der Waals surface area contributed by atoms with E-state index < -0.39 is 30.1 Å². The molecule has 2 aromatic carbocycles. The second kappa shape index (κ2) is 10.9. The van der Waals surface area contributed by atoms with Crippen molar-refractivity contribution in [1.29, 1.82) is 0 Å². The van der Waals surface area contributed by atoms with Crippen molar-refractivity contribution >= 4 is 18.0 Å². The van der Waals surface area contributed by atoms with Crippen LogP contribution >= 0.6 is 0 Å². The Bertz CT molecular complexity index is 1040. The lowest BCUT2D eigenvalue weighted by Gasteiger charge is -2.24. The molecule has 0 saturated heterocycles. The summed E-state index contributed by atoms with van der Waals surface area (Å²) in [6, 6.07) is 15.0. The summed E-state index contributed by atoms with van der Waals surface area (Å²) in [5.41, 5.74) is 4.52. The molecule has 2 aromatic rings. The number of rotatable bonds is 9. The molecule has 4 rings (SSSR count). The number of alkyl carbamates (subject to hydrolysis) is 1. The van der Waals surface area contributed by atoms with Crippen molar-refractivity contribution in [2.24, 2.45) is 5.92 Å². The van der Waals surface area contributed by atoms with E-state index in [1.807, 2.05) is 43.3 Å². The number of benzene rings is 2. The maximum atomic E-state index is 13.0. The first kappa shape index (κ1) is 24.7. The molecule has 0 radical (unpaired) electrons. The molecule has 0 heterocycles. The SMILES string of the molecule is CN(C)CCC(NC(=O)OCC1c2ccccc2-c2ccccc21)C(=O)N[C@@H]1CCC[C@@H]1C(=O)O. The molecule has 1 fully saturated rings. The smallest absolute Gasteiger partial charge is 0.407 e. The van der Waals surface area contributed by atoms with Crippen LogP contribution in [0, 0.1) is 5.92 Å². The summed E-state index contributed by atoms with van der Waals surface area (Å²) in [5, 5.41) is 15.0. The third kappa shape index (κ3) is 5.65. The molecule has 2 amide bonds. The van der Waals surface area contributed by atoms with Gasteiger partial charge >= 0.3 is 12.1 Å². The van der Waals surface area contributed by atoms with Crippen LogP contribution in [-0.4, -0.2) is 67.3 Å². The predicted octanol–water partition coefficient (Wildman–Crippen LogP) is 3.21. The van der Waals surface area contributed by atoms with Crippen molar-refractivity contribution < 1.29 is 24.2 Å². The Morgan fingerprint density at radius 2 is 1.66 bits per heavy atom. The molecule has 3 N–H and O–H groups in total. The van der Waals surface area contributed by atoms with E-state index in [2.05, 4.69) is 34.9 Å². The monoisotopic (exact) mass is 479 g/mol. The van der Waals surface area contributed by atoms with Gasteiger partial charge in [-0.25, -0.2) is 4.79 Å². The van der Waals surface area contributed by atoms with Crippen molar-refractivity contribution in [3.8, 4) is 11.1 Å². The van der Waals surface area contributed by atoms with E-state index in [0.717, 1.165) is 28.7 Å². The first-order chi connectivity index (χ1) is 16.8. The minimum atomic E-state index is -0.901. The number of carboxylic acids is 1. The van der Waals surface area contributed by atoms with Gasteiger partial charge in [-0.2, -0.15) is 0 Å². The molecule has 3 atom stereocenters. The lowest BCUT2D eigenvalue weighted by atomic mass is 9.98. The van der Waals surface area contributed by atoms with E-state index >= 15 is 0 Å². The Kier molecular flexibility index (Phi) is 7.70. The Labute approximate surface area is 205 Å². The fourth-order valence-electron chi connectivity index (χ4n) is 5.15. The highest BCUT2D eigenvalue weighted by Gasteiger charge is 2.36. The van der Waals surface area contributed by atoms with Gasteiger partial charge in [0.25, 0.3) is 0 Å². The Morgan fingerprint density at radius 1 is 1.03 bits per heavy atom. The average Bonchev–Trinajstić information content (AvgIpc) is 3.43. The Morgan fingerprint density at radius 3 is 2.26 bits per heavy atom. The fraction of sp³-hybridized carbons (Fsp3) is 0.444. The maximum Gasteiger partial charge on any atom is 0.407 e. The van der Waals surface area contributed by atoms with Crippen LogP contribution < -0.4 is 10.6 Å². The molecule has 2 aliphatic carbocycles. The van der Waals surface area contributed by atoms with Gasteiger partial charge in [-0.15, -0.1) is 0 Å². The largest absolute Gasteiger partial charge is 0.481 e. The molecule has 0 aliphatic heterocycles. The highest BCUT2D eigenvalue weighted by molar-refractivity contribution is 5.86. The Hall–Kier alpha value is -3.39. The van der Waals surface area contributed by atoms with Crippen LogP contribution in [0.5, 0.6) is 0 Å². The highest BCUT2D eigenvalue weighted by atomic mass is 16.5. The number of carboxylic acid groups (broad SMARTS) is 1. The molecule has 1 unspecified atom stereocenters. The number of carbonyl (C=O) groups is 3. The van der Waals surface area contributed by atoms with Gasteiger partial charge in [0.1, 0.15) is 12.6 Å². The summed E-state index contributed by atoms with van der Waals surface area (Å²) in [6.07, 6.45) is 1.64. The summed E-state index contributed by atoms with van der Waals surface area (Å²) < 4.78 is 5.62. The van der Waals surface area contributed by atoms with E-state index in [-0.39, 0.29) is 18.4 Å². The molecule has 186 valence electrons. The van der Waals surface area contributed by atoms with E-state index in [1.54, 1.807) is 0 Å². The molecule has 0 spiro atoms. The normalized spacial score (nSPS) is 19.6. The van der Waals surface area contributed by atoms with Crippen molar-refractivity contribution in [1.82, 2.24) is 15.5 Å². The lowest BCUT2D eigenvalue weighted by molar-refractivity contribution is -0.142. The van der Waals surface area contributed by atoms with Crippen LogP contribution in [0.2, 0.25) is 0 Å². The molecule has 1 saturated carbocycles. The number of ether oxygens (including phenoxy) is 1. The zero-order chi connectivity index (χ0) is 24.9. The van der Waals surface area contributed by atoms with E-state index in [0.29, 0.717) is 25.8 Å². The fourth-order valence-corrected chi connectivity index (χ4v) is 5.15. The van der Waals surface area contributed by atoms with Gasteiger partial charge < -0.3 is 25.4 Å². The van der Waals surface area contributed by atoms with Gasteiger partial charge in [-0.1, -0.05) is 55.0 Å². The molecular weight excluding hydrogens is 446 g/mol. The number of aliphatic carboxylic acids is 1. The number of nitrogens with one attached hydrogen (secondary N) is 2. The molecule has 8 nitrogen and oxygen atoms in total. The second-order valence-corrected chi connectivity index (χ2v) is 9.61. The number of hydrogen-bond donors (Lipinski definition) is 3. The van der Waals surface area contributed by atoms with Crippen molar-refractivity contribution in [2.45, 2.75) is 43.7 Å². The van der Waals surface area contributed by atoms with Crippen LogP contribution in [0.1, 0.15) is 42.7 Å². The molecule has 8 heteroatoms. The summed E-state index contributed by atoms with van der Waals surface area (Å²) in [5.74, 6) is -1.94. The highest BCUT2D eigenvalue weighted by Crippen LogP contribution is 2.44. The average molecular weight is 480 g/mol. The number of amides is 2. The minimum Gasteiger partial charge on any atom is -0.481 e. The van der Waals surface area contributed by atoms with E-state index in [1.165, 1.54) is 0 Å². The molecule has 35 heavy (non-hydrogen) atoms. The zero-order valence-corrected chi connectivity index (χ0v) is 20.2. The van der Waals surface area contributed by atoms with Crippen molar-refractivity contribution in [2.75, 3.05) is 27.2 Å². The third-order valence-electron chi connectivity index (χ3n) is 6.98. The molecule has 0 bridgehead atoms. The minimum absolute atomic E-state index is 0.0722. The van der Waals surface area contributed by atoms with Gasteiger partial charge in [0.2, 0.25) is 5.91 Å². The third-order valence-corrected chi connectivity index (χ3v) is 6.98. The van der Waals surface area contributed by atoms with Crippen molar-refractivity contribution in [3.05, 3.63) is 59.7 Å². The van der Waals surface area contributed by atoms with Crippen molar-refractivity contribution in [3.63, 3.8) is 0 Å². The van der Waals surface area contributed by atoms with Crippen LogP contribution in [0.25, 0.3) is 11.1 Å². The predicted molar refractivity (Wildman–Crippen MR) is 132 cm³/mol. The first-order valence-electron chi connectivity index (χ1n) is 12.1. The van der Waals surface area contributed by atoms with Gasteiger partial charge in [0, 0.05) is 12.0 Å². The van der Waals surface area contributed by atoms with Gasteiger partial charge in [-0.05, 0) is 62.2 Å². The standard InChI is InChI=1S/C27H33N3O5/c1-30(2)15-14-24(25(31)28-23-13-7-12-21(23)26(32)33)29-27(34)35-16-22-19-10-5-3-8-17(19)18-9-4-6-11-20(18)22/h3-6,8-11,21-24H,7,12-16H2,1-2H3,(H,28,31)(H,29,34)(H,32,33)/t21-,23+,24?/m0/s1. The Balaban J connectivity index is 1.40. The zero-order valence-electron chi connectivity index (χ0n) is 20.2. The number of fused-ring (bicyclic) bond motifs is 3. The lowest BCUT2D eigenvalue weighted by Crippen LogP contribution is -2.52. The first-order valence-corrected chi connectivity index (χ1v) is 12.1. The van der Waals surface area contributed by atoms with Crippen LogP contribution in [0.3, 0.4) is 0 Å². The van der Waals surface area contributed by atoms with Crippen LogP contribution in [0.4, 0.5) is 4.79 Å².